The molecule has 1 amide bonds. The number of amides is 1. The van der Waals surface area contributed by atoms with Crippen LogP contribution in [0.25, 0.3) is 0 Å². The molecule has 4 nitrogen and oxygen atoms in total. The summed E-state index contributed by atoms with van der Waals surface area (Å²) in [7, 11) is 0. The van der Waals surface area contributed by atoms with Crippen LogP contribution in [0.3, 0.4) is 0 Å². The minimum atomic E-state index is -0.0485. The lowest BCUT2D eigenvalue weighted by Gasteiger charge is -2.15. The standard InChI is InChI=1S/C19H24N2O2/c1-14(2)23-18-11-7-6-10-17(18)20-13-19(22)21-12-16-9-5-4-8-15(16)3/h4-11,14,20H,12-13H2,1-3H3,(H,21,22). The van der Waals surface area contributed by atoms with Gasteiger partial charge in [-0.2, -0.15) is 0 Å². The van der Waals surface area contributed by atoms with E-state index in [0.717, 1.165) is 17.0 Å². The third kappa shape index (κ3) is 5.33. The van der Waals surface area contributed by atoms with E-state index in [0.29, 0.717) is 6.54 Å². The number of para-hydroxylation sites is 2. The molecule has 0 aromatic heterocycles. The van der Waals surface area contributed by atoms with Gasteiger partial charge < -0.3 is 15.4 Å². The summed E-state index contributed by atoms with van der Waals surface area (Å²) in [6.45, 7) is 6.75. The van der Waals surface area contributed by atoms with Gasteiger partial charge >= 0.3 is 0 Å². The highest BCUT2D eigenvalue weighted by molar-refractivity contribution is 5.81. The van der Waals surface area contributed by atoms with Gasteiger partial charge in [-0.25, -0.2) is 0 Å². The number of rotatable bonds is 7. The molecule has 0 aliphatic carbocycles. The van der Waals surface area contributed by atoms with Crippen molar-refractivity contribution in [2.75, 3.05) is 11.9 Å². The van der Waals surface area contributed by atoms with Gasteiger partial charge in [-0.1, -0.05) is 36.4 Å². The van der Waals surface area contributed by atoms with Gasteiger partial charge in [-0.05, 0) is 44.0 Å². The van der Waals surface area contributed by atoms with Crippen LogP contribution >= 0.6 is 0 Å². The average Bonchev–Trinajstić information content (AvgIpc) is 2.53. The van der Waals surface area contributed by atoms with E-state index < -0.39 is 0 Å². The Hall–Kier alpha value is -2.49. The van der Waals surface area contributed by atoms with Crippen molar-refractivity contribution in [3.8, 4) is 5.75 Å². The second-order valence-corrected chi connectivity index (χ2v) is 5.72. The highest BCUT2D eigenvalue weighted by atomic mass is 16.5. The number of carbonyl (C=O) groups is 1. The summed E-state index contributed by atoms with van der Waals surface area (Å²) < 4.78 is 5.73. The maximum absolute atomic E-state index is 12.0. The number of anilines is 1. The van der Waals surface area contributed by atoms with Crippen LogP contribution < -0.4 is 15.4 Å². The predicted octanol–water partition coefficient (Wildman–Crippen LogP) is 3.51. The SMILES string of the molecule is Cc1ccccc1CNC(=O)CNc1ccccc1OC(C)C. The Kier molecular flexibility index (Phi) is 6.03. The van der Waals surface area contributed by atoms with Crippen molar-refractivity contribution in [1.82, 2.24) is 5.32 Å². The summed E-state index contributed by atoms with van der Waals surface area (Å²) in [6.07, 6.45) is 0.0906. The molecule has 0 unspecified atom stereocenters. The molecule has 2 N–H and O–H groups in total. The van der Waals surface area contributed by atoms with Gasteiger partial charge in [0.25, 0.3) is 0 Å². The van der Waals surface area contributed by atoms with Crippen molar-refractivity contribution in [2.24, 2.45) is 0 Å². The molecule has 0 fully saturated rings. The second kappa shape index (κ2) is 8.22. The number of nitrogens with one attached hydrogen (secondary N) is 2. The zero-order valence-electron chi connectivity index (χ0n) is 13.9. The van der Waals surface area contributed by atoms with Gasteiger partial charge in [0.1, 0.15) is 5.75 Å². The molecule has 4 heteroatoms. The minimum Gasteiger partial charge on any atom is -0.489 e. The Bertz CT molecular complexity index is 653. The Morgan fingerprint density at radius 2 is 1.78 bits per heavy atom. The van der Waals surface area contributed by atoms with Gasteiger partial charge in [0.15, 0.2) is 0 Å². The average molecular weight is 312 g/mol. The van der Waals surface area contributed by atoms with E-state index in [4.69, 9.17) is 4.74 Å². The zero-order valence-corrected chi connectivity index (χ0v) is 13.9. The van der Waals surface area contributed by atoms with Crippen molar-refractivity contribution in [1.29, 1.82) is 0 Å². The van der Waals surface area contributed by atoms with E-state index in [1.54, 1.807) is 0 Å². The van der Waals surface area contributed by atoms with Crippen LogP contribution in [0, 0.1) is 6.92 Å². The minimum absolute atomic E-state index is 0.0485. The number of carbonyl (C=O) groups excluding carboxylic acids is 1. The largest absolute Gasteiger partial charge is 0.489 e. The molecule has 2 aromatic rings. The zero-order chi connectivity index (χ0) is 16.7. The molecule has 2 aromatic carbocycles. The molecule has 0 heterocycles. The number of hydrogen-bond acceptors (Lipinski definition) is 3. The first-order chi connectivity index (χ1) is 11.1. The number of benzene rings is 2. The van der Waals surface area contributed by atoms with E-state index in [9.17, 15) is 4.79 Å². The quantitative estimate of drug-likeness (QED) is 0.822. The number of ether oxygens (including phenoxy) is 1. The van der Waals surface area contributed by atoms with Crippen LogP contribution in [0.4, 0.5) is 5.69 Å². The summed E-state index contributed by atoms with van der Waals surface area (Å²) in [4.78, 5) is 12.0. The van der Waals surface area contributed by atoms with Crippen molar-refractivity contribution in [3.63, 3.8) is 0 Å². The summed E-state index contributed by atoms with van der Waals surface area (Å²) in [5.74, 6) is 0.710. The van der Waals surface area contributed by atoms with E-state index in [2.05, 4.69) is 10.6 Å². The Morgan fingerprint density at radius 3 is 2.52 bits per heavy atom. The lowest BCUT2D eigenvalue weighted by Crippen LogP contribution is -2.29. The molecular formula is C19H24N2O2. The summed E-state index contributed by atoms with van der Waals surface area (Å²) >= 11 is 0. The highest BCUT2D eigenvalue weighted by Crippen LogP contribution is 2.24. The Labute approximate surface area is 137 Å². The Morgan fingerprint density at radius 1 is 1.09 bits per heavy atom. The molecule has 0 saturated carbocycles. The third-order valence-electron chi connectivity index (χ3n) is 3.43. The monoisotopic (exact) mass is 312 g/mol. The van der Waals surface area contributed by atoms with Crippen LogP contribution in [-0.2, 0) is 11.3 Å². The molecule has 0 aliphatic heterocycles. The van der Waals surface area contributed by atoms with Crippen LogP contribution in [0.5, 0.6) is 5.75 Å². The number of hydrogen-bond donors (Lipinski definition) is 2. The fraction of sp³-hybridized carbons (Fsp3) is 0.316. The molecule has 0 bridgehead atoms. The normalized spacial score (nSPS) is 10.4. The van der Waals surface area contributed by atoms with E-state index in [-0.39, 0.29) is 18.6 Å². The first-order valence-electron chi connectivity index (χ1n) is 7.87. The topological polar surface area (TPSA) is 50.4 Å². The Balaban J connectivity index is 1.86. The molecule has 0 radical (unpaired) electrons. The molecule has 0 saturated heterocycles. The van der Waals surface area contributed by atoms with Crippen LogP contribution in [0.1, 0.15) is 25.0 Å². The van der Waals surface area contributed by atoms with Gasteiger partial charge in [0.2, 0.25) is 5.91 Å². The lowest BCUT2D eigenvalue weighted by molar-refractivity contribution is -0.119. The maximum atomic E-state index is 12.0. The third-order valence-corrected chi connectivity index (χ3v) is 3.43. The fourth-order valence-electron chi connectivity index (χ4n) is 2.21. The van der Waals surface area contributed by atoms with Crippen LogP contribution in [-0.4, -0.2) is 18.6 Å². The lowest BCUT2D eigenvalue weighted by atomic mass is 10.1. The van der Waals surface area contributed by atoms with E-state index >= 15 is 0 Å². The van der Waals surface area contributed by atoms with Crippen molar-refractivity contribution in [3.05, 3.63) is 59.7 Å². The van der Waals surface area contributed by atoms with Crippen LogP contribution in [0.2, 0.25) is 0 Å². The highest BCUT2D eigenvalue weighted by Gasteiger charge is 2.07. The number of aryl methyl sites for hydroxylation is 1. The van der Waals surface area contributed by atoms with Gasteiger partial charge in [0.05, 0.1) is 18.3 Å². The van der Waals surface area contributed by atoms with Gasteiger partial charge in [-0.3, -0.25) is 4.79 Å². The first-order valence-corrected chi connectivity index (χ1v) is 7.87. The molecule has 0 atom stereocenters. The molecule has 122 valence electrons. The van der Waals surface area contributed by atoms with Crippen molar-refractivity contribution in [2.45, 2.75) is 33.4 Å². The summed E-state index contributed by atoms with van der Waals surface area (Å²) in [6, 6.07) is 15.7. The van der Waals surface area contributed by atoms with E-state index in [1.165, 1.54) is 5.56 Å². The van der Waals surface area contributed by atoms with Gasteiger partial charge in [0, 0.05) is 6.54 Å². The van der Waals surface area contributed by atoms with Crippen molar-refractivity contribution < 1.29 is 9.53 Å². The molecule has 0 aliphatic rings. The summed E-state index contributed by atoms with van der Waals surface area (Å²) in [5.41, 5.74) is 3.13. The molecular weight excluding hydrogens is 288 g/mol. The predicted molar refractivity (Wildman–Crippen MR) is 93.7 cm³/mol. The van der Waals surface area contributed by atoms with Crippen LogP contribution in [0.15, 0.2) is 48.5 Å². The molecule has 23 heavy (non-hydrogen) atoms. The summed E-state index contributed by atoms with van der Waals surface area (Å²) in [5, 5.41) is 6.06. The maximum Gasteiger partial charge on any atom is 0.239 e. The van der Waals surface area contributed by atoms with Crippen molar-refractivity contribution >= 4 is 11.6 Å². The van der Waals surface area contributed by atoms with E-state index in [1.807, 2.05) is 69.3 Å². The smallest absolute Gasteiger partial charge is 0.239 e. The fourth-order valence-corrected chi connectivity index (χ4v) is 2.21. The first kappa shape index (κ1) is 16.9. The second-order valence-electron chi connectivity index (χ2n) is 5.72. The van der Waals surface area contributed by atoms with Gasteiger partial charge in [-0.15, -0.1) is 0 Å². The molecule has 0 spiro atoms. The molecule has 2 rings (SSSR count).